The summed E-state index contributed by atoms with van der Waals surface area (Å²) in [5.41, 5.74) is 1.58. The van der Waals surface area contributed by atoms with Crippen molar-refractivity contribution in [1.82, 2.24) is 0 Å². The number of methoxy groups -OCH3 is 2. The molecule has 0 spiro atoms. The number of hydrogen-bond donors (Lipinski definition) is 2. The summed E-state index contributed by atoms with van der Waals surface area (Å²) >= 11 is 0. The molecule has 0 aliphatic heterocycles. The van der Waals surface area contributed by atoms with E-state index in [1.165, 1.54) is 12.1 Å². The van der Waals surface area contributed by atoms with Crippen molar-refractivity contribution >= 4 is 11.5 Å². The molecule has 0 bridgehead atoms. The molecule has 0 saturated carbocycles. The molecule has 0 amide bonds. The summed E-state index contributed by atoms with van der Waals surface area (Å²) in [6, 6.07) is 11.5. The van der Waals surface area contributed by atoms with Crippen LogP contribution in [-0.4, -0.2) is 30.4 Å². The maximum atomic E-state index is 11.5. The quantitative estimate of drug-likeness (QED) is 0.801. The number of hydrogen-bond acceptors (Lipinski definition) is 4. The lowest BCUT2D eigenvalue weighted by Crippen LogP contribution is -2.00. The van der Waals surface area contributed by atoms with Gasteiger partial charge in [-0.2, -0.15) is 0 Å². The van der Waals surface area contributed by atoms with Crippen molar-refractivity contribution in [3.8, 4) is 17.2 Å². The summed E-state index contributed by atoms with van der Waals surface area (Å²) < 4.78 is 10.4. The van der Waals surface area contributed by atoms with Crippen LogP contribution in [0.2, 0.25) is 0 Å². The molecule has 0 fully saturated rings. The van der Waals surface area contributed by atoms with Crippen LogP contribution in [0.4, 0.5) is 0 Å². The second-order valence-electron chi connectivity index (χ2n) is 4.89. The predicted molar refractivity (Wildman–Crippen MR) is 87.0 cm³/mol. The van der Waals surface area contributed by atoms with E-state index < -0.39 is 5.97 Å². The fourth-order valence-corrected chi connectivity index (χ4v) is 2.17. The third-order valence-corrected chi connectivity index (χ3v) is 3.36. The second kappa shape index (κ2) is 7.35. The molecule has 0 atom stereocenters. The van der Waals surface area contributed by atoms with Crippen LogP contribution >= 0.6 is 0 Å². The fraction of sp³-hybridized carbons (Fsp3) is 0.167. The van der Waals surface area contributed by atoms with Crippen LogP contribution < -0.4 is 9.47 Å². The van der Waals surface area contributed by atoms with E-state index in [-0.39, 0.29) is 11.3 Å². The Morgan fingerprint density at radius 2 is 1.61 bits per heavy atom. The van der Waals surface area contributed by atoms with Crippen LogP contribution in [0, 0.1) is 0 Å². The van der Waals surface area contributed by atoms with Gasteiger partial charge >= 0.3 is 5.97 Å². The molecular weight excluding hydrogens is 296 g/mol. The van der Waals surface area contributed by atoms with Gasteiger partial charge in [-0.1, -0.05) is 18.2 Å². The number of aliphatic carboxylic acids is 1. The summed E-state index contributed by atoms with van der Waals surface area (Å²) in [6.45, 7) is 0. The summed E-state index contributed by atoms with van der Waals surface area (Å²) in [5.74, 6) is 0.366. The molecule has 2 rings (SSSR count). The number of phenols is 1. The normalized spacial score (nSPS) is 11.1. The minimum atomic E-state index is -1.02. The maximum absolute atomic E-state index is 11.5. The van der Waals surface area contributed by atoms with E-state index in [0.717, 1.165) is 5.56 Å². The van der Waals surface area contributed by atoms with Gasteiger partial charge in [-0.15, -0.1) is 0 Å². The van der Waals surface area contributed by atoms with Crippen LogP contribution in [0.25, 0.3) is 5.57 Å². The molecule has 0 radical (unpaired) electrons. The van der Waals surface area contributed by atoms with Gasteiger partial charge in [0.15, 0.2) is 0 Å². The SMILES string of the molecule is COc1cc(C/C=C(/C(=O)O)c2ccc(O)cc2)cc(OC)c1. The Bertz CT molecular complexity index is 694. The molecule has 2 aromatic carbocycles. The lowest BCUT2D eigenvalue weighted by molar-refractivity contribution is -0.130. The zero-order valence-corrected chi connectivity index (χ0v) is 12.9. The van der Waals surface area contributed by atoms with E-state index in [1.807, 2.05) is 12.1 Å². The lowest BCUT2D eigenvalue weighted by Gasteiger charge is -2.08. The smallest absolute Gasteiger partial charge is 0.335 e. The second-order valence-corrected chi connectivity index (χ2v) is 4.89. The molecule has 5 nitrogen and oxygen atoms in total. The predicted octanol–water partition coefficient (Wildman–Crippen LogP) is 3.12. The van der Waals surface area contributed by atoms with Crippen molar-refractivity contribution in [2.24, 2.45) is 0 Å². The third-order valence-electron chi connectivity index (χ3n) is 3.36. The topological polar surface area (TPSA) is 76.0 Å². The number of allylic oxidation sites excluding steroid dienone is 1. The van der Waals surface area contributed by atoms with Crippen molar-refractivity contribution in [3.05, 3.63) is 59.7 Å². The van der Waals surface area contributed by atoms with Crippen molar-refractivity contribution in [3.63, 3.8) is 0 Å². The number of ether oxygens (including phenoxy) is 2. The number of carbonyl (C=O) groups is 1. The van der Waals surface area contributed by atoms with Crippen molar-refractivity contribution in [1.29, 1.82) is 0 Å². The molecule has 2 N–H and O–H groups in total. The largest absolute Gasteiger partial charge is 0.508 e. The van der Waals surface area contributed by atoms with Crippen LogP contribution in [0.3, 0.4) is 0 Å². The van der Waals surface area contributed by atoms with E-state index in [2.05, 4.69) is 0 Å². The van der Waals surface area contributed by atoms with Gasteiger partial charge in [0.25, 0.3) is 0 Å². The van der Waals surface area contributed by atoms with Gasteiger partial charge < -0.3 is 19.7 Å². The van der Waals surface area contributed by atoms with E-state index in [0.29, 0.717) is 23.5 Å². The fourth-order valence-electron chi connectivity index (χ4n) is 2.17. The summed E-state index contributed by atoms with van der Waals surface area (Å²) in [4.78, 5) is 11.5. The number of aromatic hydroxyl groups is 1. The molecule has 0 unspecified atom stereocenters. The average Bonchev–Trinajstić information content (AvgIpc) is 2.56. The Hall–Kier alpha value is -2.95. The molecule has 0 aromatic heterocycles. The Morgan fingerprint density at radius 3 is 2.09 bits per heavy atom. The molecule has 0 aliphatic carbocycles. The molecule has 0 heterocycles. The molecule has 0 aliphatic rings. The summed E-state index contributed by atoms with van der Waals surface area (Å²) in [7, 11) is 3.13. The highest BCUT2D eigenvalue weighted by atomic mass is 16.5. The van der Waals surface area contributed by atoms with Gasteiger partial charge in [0.05, 0.1) is 19.8 Å². The van der Waals surface area contributed by atoms with E-state index in [4.69, 9.17) is 9.47 Å². The Morgan fingerprint density at radius 1 is 1.04 bits per heavy atom. The first-order valence-corrected chi connectivity index (χ1v) is 6.98. The Labute approximate surface area is 134 Å². The van der Waals surface area contributed by atoms with Gasteiger partial charge in [0, 0.05) is 6.07 Å². The third kappa shape index (κ3) is 4.26. The Kier molecular flexibility index (Phi) is 5.25. The number of benzene rings is 2. The highest BCUT2D eigenvalue weighted by molar-refractivity contribution is 6.15. The van der Waals surface area contributed by atoms with Gasteiger partial charge in [0.2, 0.25) is 0 Å². The van der Waals surface area contributed by atoms with Gasteiger partial charge in [0.1, 0.15) is 17.2 Å². The average molecular weight is 314 g/mol. The molecule has 120 valence electrons. The maximum Gasteiger partial charge on any atom is 0.335 e. The van der Waals surface area contributed by atoms with Crippen molar-refractivity contribution < 1.29 is 24.5 Å². The van der Waals surface area contributed by atoms with Gasteiger partial charge in [-0.05, 0) is 41.8 Å². The zero-order valence-electron chi connectivity index (χ0n) is 12.9. The van der Waals surface area contributed by atoms with Crippen LogP contribution in [0.1, 0.15) is 11.1 Å². The van der Waals surface area contributed by atoms with Gasteiger partial charge in [-0.25, -0.2) is 4.79 Å². The minimum absolute atomic E-state index is 0.0935. The van der Waals surface area contributed by atoms with Gasteiger partial charge in [-0.3, -0.25) is 0 Å². The molecule has 23 heavy (non-hydrogen) atoms. The monoisotopic (exact) mass is 314 g/mol. The number of phenolic OH excluding ortho intramolecular Hbond substituents is 1. The zero-order chi connectivity index (χ0) is 16.8. The van der Waals surface area contributed by atoms with E-state index in [1.54, 1.807) is 38.5 Å². The Balaban J connectivity index is 2.31. The standard InChI is InChI=1S/C18H18O5/c1-22-15-9-12(10-16(11-15)23-2)3-8-17(18(20)21)13-4-6-14(19)7-5-13/h4-11,19H,3H2,1-2H3,(H,20,21)/b17-8+. The number of carboxylic acid groups (broad SMARTS) is 1. The molecular formula is C18H18O5. The number of carboxylic acids is 1. The van der Waals surface area contributed by atoms with E-state index in [9.17, 15) is 15.0 Å². The first-order chi connectivity index (χ1) is 11.0. The summed E-state index contributed by atoms with van der Waals surface area (Å²) in [6.07, 6.45) is 2.04. The van der Waals surface area contributed by atoms with Crippen LogP contribution in [-0.2, 0) is 11.2 Å². The van der Waals surface area contributed by atoms with Crippen LogP contribution in [0.5, 0.6) is 17.2 Å². The van der Waals surface area contributed by atoms with Crippen LogP contribution in [0.15, 0.2) is 48.5 Å². The van der Waals surface area contributed by atoms with E-state index >= 15 is 0 Å². The lowest BCUT2D eigenvalue weighted by atomic mass is 10.0. The molecule has 5 heteroatoms. The summed E-state index contributed by atoms with van der Waals surface area (Å²) in [5, 5.41) is 18.7. The molecule has 2 aromatic rings. The highest BCUT2D eigenvalue weighted by Crippen LogP contribution is 2.24. The molecule has 0 saturated heterocycles. The minimum Gasteiger partial charge on any atom is -0.508 e. The number of rotatable bonds is 6. The van der Waals surface area contributed by atoms with Crippen molar-refractivity contribution in [2.45, 2.75) is 6.42 Å². The highest BCUT2D eigenvalue weighted by Gasteiger charge is 2.10. The first kappa shape index (κ1) is 16.4. The first-order valence-electron chi connectivity index (χ1n) is 6.98. The van der Waals surface area contributed by atoms with Crippen molar-refractivity contribution in [2.75, 3.05) is 14.2 Å².